The van der Waals surface area contributed by atoms with Gasteiger partial charge in [0.1, 0.15) is 22.6 Å². The first-order valence-corrected chi connectivity index (χ1v) is 4.79. The van der Waals surface area contributed by atoms with E-state index in [-0.39, 0.29) is 43.8 Å². The molecule has 0 bridgehead atoms. The molecule has 0 amide bonds. The molecule has 10 heteroatoms. The largest absolute Gasteiger partial charge is 2.00 e. The molecule has 11 heavy (non-hydrogen) atoms. The number of hydrogen-bond acceptors (Lipinski definition) is 6. The van der Waals surface area contributed by atoms with Crippen LogP contribution in [0.4, 0.5) is 0 Å². The van der Waals surface area contributed by atoms with E-state index in [4.69, 9.17) is 5.11 Å². The summed E-state index contributed by atoms with van der Waals surface area (Å²) < 4.78 is 21.8. The molecule has 0 aromatic heterocycles. The van der Waals surface area contributed by atoms with E-state index in [1.807, 2.05) is 0 Å². The van der Waals surface area contributed by atoms with Crippen LogP contribution in [0, 0.1) is 0 Å². The van der Waals surface area contributed by atoms with Crippen molar-refractivity contribution in [1.29, 1.82) is 0 Å². The number of halogens is 1. The minimum Gasteiger partial charge on any atom is -0.781 e. The van der Waals surface area contributed by atoms with E-state index in [1.54, 1.807) is 0 Å². The van der Waals surface area contributed by atoms with Gasteiger partial charge in [0, 0.05) is 0 Å². The van der Waals surface area contributed by atoms with Crippen molar-refractivity contribution >= 4 is 65.8 Å². The van der Waals surface area contributed by atoms with Gasteiger partial charge in [-0.15, -0.1) is 0 Å². The molecule has 2 unspecified atom stereocenters. The van der Waals surface area contributed by atoms with Gasteiger partial charge in [-0.3, -0.25) is 4.31 Å². The Kier molecular flexibility index (Phi) is 24.3. The minimum atomic E-state index is -3.51. The second-order valence-corrected chi connectivity index (χ2v) is 2.78. The fourth-order valence-electron chi connectivity index (χ4n) is 0.0680. The van der Waals surface area contributed by atoms with Gasteiger partial charge in [0.15, 0.2) is 0 Å². The van der Waals surface area contributed by atoms with Crippen LogP contribution in [0.3, 0.4) is 0 Å². The van der Waals surface area contributed by atoms with Gasteiger partial charge < -0.3 is 24.0 Å². The van der Waals surface area contributed by atoms with E-state index in [2.05, 4.69) is 15.9 Å². The molecule has 0 radical (unpaired) electrons. The van der Waals surface area contributed by atoms with Crippen LogP contribution in [0.5, 0.6) is 0 Å². The molecule has 0 heterocycles. The van der Waals surface area contributed by atoms with E-state index in [0.29, 0.717) is 0 Å². The Labute approximate surface area is 99.4 Å². The van der Waals surface area contributed by atoms with Gasteiger partial charge in [-0.1, -0.05) is 11.6 Å². The van der Waals surface area contributed by atoms with Crippen LogP contribution in [0.25, 0.3) is 0 Å². The van der Waals surface area contributed by atoms with Crippen molar-refractivity contribution in [2.45, 2.75) is 0 Å². The van der Waals surface area contributed by atoms with Crippen LogP contribution >= 0.6 is 28.1 Å². The van der Waals surface area contributed by atoms with Gasteiger partial charge in [0.05, 0.1) is 0 Å². The van der Waals surface area contributed by atoms with Gasteiger partial charge in [0.25, 0.3) is 0 Å². The normalized spacial score (nSPS) is 13.5. The van der Waals surface area contributed by atoms with Crippen LogP contribution in [-0.2, 0) is 13.4 Å². The van der Waals surface area contributed by atoms with Gasteiger partial charge in [-0.05, 0) is 0 Å². The maximum absolute atomic E-state index is 9.29. The summed E-state index contributed by atoms with van der Waals surface area (Å²) in [6.45, 7) is 0. The minimum absolute atomic E-state index is 0. The first-order valence-electron chi connectivity index (χ1n) is 1.81. The molecule has 0 aliphatic carbocycles. The van der Waals surface area contributed by atoms with E-state index < -0.39 is 16.5 Å². The Bertz CT molecular complexity index is 107. The van der Waals surface area contributed by atoms with Crippen molar-refractivity contribution in [3.05, 3.63) is 0 Å². The number of rotatable bonds is 2. The van der Waals surface area contributed by atoms with E-state index >= 15 is 0 Å². The molecule has 64 valence electrons. The van der Waals surface area contributed by atoms with Gasteiger partial charge in [-0.2, -0.15) is 0 Å². The Balaban J connectivity index is -0.000000140. The van der Waals surface area contributed by atoms with Crippen molar-refractivity contribution in [2.75, 3.05) is 6.07 Å². The standard InChI is InChI=1S/CH3ClO.Ca.H4O5P2/c2-1-3;;1-6(2)5-7(3)4/h3H,1H2;;6-7H,(H,1,2)(H,3,4)/q;+2;/p-2. The van der Waals surface area contributed by atoms with E-state index in [9.17, 15) is 18.9 Å². The predicted molar refractivity (Wildman–Crippen MR) is 37.8 cm³/mol. The maximum Gasteiger partial charge on any atom is 2.00 e. The molecule has 2 atom stereocenters. The first kappa shape index (κ1) is 18.6. The third-order valence-electron chi connectivity index (χ3n) is 0.167. The van der Waals surface area contributed by atoms with Gasteiger partial charge in [-0.25, -0.2) is 0 Å². The Morgan fingerprint density at radius 1 is 1.36 bits per heavy atom. The first-order chi connectivity index (χ1) is 4.54. The Morgan fingerprint density at radius 2 is 1.55 bits per heavy atom. The molecule has 0 rings (SSSR count). The molecule has 6 nitrogen and oxygen atoms in total. The number of aliphatic hydroxyl groups is 1. The summed E-state index contributed by atoms with van der Waals surface area (Å²) in [5.41, 5.74) is 0. The van der Waals surface area contributed by atoms with Crippen molar-refractivity contribution in [1.82, 2.24) is 0 Å². The van der Waals surface area contributed by atoms with Crippen molar-refractivity contribution < 1.29 is 28.3 Å². The van der Waals surface area contributed by atoms with Crippen molar-refractivity contribution in [3.8, 4) is 0 Å². The number of hydrogen-bond donors (Lipinski definition) is 1. The molecule has 0 saturated carbocycles. The zero-order valence-electron chi connectivity index (χ0n) is 5.28. The summed E-state index contributed by atoms with van der Waals surface area (Å²) in [5.74, 6) is 0. The fourth-order valence-corrected chi connectivity index (χ4v) is 0.612. The Hall–Kier alpha value is 1.85. The second kappa shape index (κ2) is 14.4. The monoisotopic (exact) mass is 250 g/mol. The predicted octanol–water partition coefficient (Wildman–Crippen LogP) is -1.70. The van der Waals surface area contributed by atoms with Crippen molar-refractivity contribution in [3.63, 3.8) is 0 Å². The summed E-state index contributed by atoms with van der Waals surface area (Å²) in [5, 5.41) is 7.33. The molecule has 0 spiro atoms. The SMILES string of the molecule is O=[PH]([O-])O[PH](=O)[O-].OCCl.[Ca+2]. The van der Waals surface area contributed by atoms with Gasteiger partial charge in [0.2, 0.25) is 0 Å². The van der Waals surface area contributed by atoms with Crippen LogP contribution < -0.4 is 9.79 Å². The van der Waals surface area contributed by atoms with Crippen LogP contribution in [0.15, 0.2) is 0 Å². The quantitative estimate of drug-likeness (QED) is 0.355. The molecule has 1 N–H and O–H groups in total. The summed E-state index contributed by atoms with van der Waals surface area (Å²) in [4.78, 5) is 18.6. The molecular formula is CH5CaClO6P2. The zero-order chi connectivity index (χ0) is 8.57. The summed E-state index contributed by atoms with van der Waals surface area (Å²) in [6.07, 6.45) is 0. The number of alkyl halides is 1. The third kappa shape index (κ3) is 33.6. The molecular weight excluding hydrogens is 245 g/mol. The topological polar surface area (TPSA) is 110 Å². The fraction of sp³-hybridized carbons (Fsp3) is 1.00. The molecule has 0 saturated heterocycles. The van der Waals surface area contributed by atoms with Crippen LogP contribution in [0.1, 0.15) is 0 Å². The Morgan fingerprint density at radius 3 is 1.55 bits per heavy atom. The molecule has 0 aromatic carbocycles. The summed E-state index contributed by atoms with van der Waals surface area (Å²) >= 11 is 4.55. The average molecular weight is 251 g/mol. The average Bonchev–Trinajstić information content (AvgIpc) is 1.62. The van der Waals surface area contributed by atoms with Gasteiger partial charge >= 0.3 is 37.7 Å². The maximum atomic E-state index is 9.29. The molecule has 0 aliphatic rings. The zero-order valence-corrected chi connectivity index (χ0v) is 10.2. The van der Waals surface area contributed by atoms with Crippen molar-refractivity contribution in [2.24, 2.45) is 0 Å². The molecule has 0 aromatic rings. The summed E-state index contributed by atoms with van der Waals surface area (Å²) in [7, 11) is -7.03. The molecule has 0 fully saturated rings. The van der Waals surface area contributed by atoms with Crippen LogP contribution in [0.2, 0.25) is 0 Å². The van der Waals surface area contributed by atoms with Crippen LogP contribution in [-0.4, -0.2) is 48.9 Å². The van der Waals surface area contributed by atoms with E-state index in [1.165, 1.54) is 0 Å². The second-order valence-electron chi connectivity index (χ2n) is 0.722. The summed E-state index contributed by atoms with van der Waals surface area (Å²) in [6, 6.07) is -0.278. The smallest absolute Gasteiger partial charge is 0.781 e. The third-order valence-corrected chi connectivity index (χ3v) is 1.50. The molecule has 0 aliphatic heterocycles. The van der Waals surface area contributed by atoms with E-state index in [0.717, 1.165) is 0 Å². The number of aliphatic hydroxyl groups excluding tert-OH is 1.